The van der Waals surface area contributed by atoms with Crippen LogP contribution in [-0.4, -0.2) is 38.8 Å². The number of nitrogens with zero attached hydrogens (tertiary/aromatic N) is 1. The van der Waals surface area contributed by atoms with E-state index in [2.05, 4.69) is 13.8 Å². The minimum Gasteiger partial charge on any atom is -0.465 e. The van der Waals surface area contributed by atoms with Crippen molar-refractivity contribution in [2.45, 2.75) is 77.0 Å². The molecule has 1 saturated heterocycles. The summed E-state index contributed by atoms with van der Waals surface area (Å²) in [5.74, 6) is 0.528. The molecule has 1 aliphatic heterocycles. The first-order valence-corrected chi connectivity index (χ1v) is 8.47. The van der Waals surface area contributed by atoms with E-state index >= 15 is 0 Å². The number of ether oxygens (including phenoxy) is 1. The standard InChI is InChI=1S/C16H25NO3S/c1-4-5-11(18)9-13(19)17-14(21)20-12-8-10-6-7-16(12,17)15(10,2)3/h10-12,18H,4-9H2,1-3H3/t10-,11-,12-,16-/m1/s1. The van der Waals surface area contributed by atoms with Gasteiger partial charge >= 0.3 is 0 Å². The van der Waals surface area contributed by atoms with Crippen molar-refractivity contribution in [1.82, 2.24) is 4.90 Å². The second kappa shape index (κ2) is 4.92. The maximum absolute atomic E-state index is 12.8. The van der Waals surface area contributed by atoms with Crippen molar-refractivity contribution in [2.24, 2.45) is 11.3 Å². The maximum atomic E-state index is 12.8. The molecule has 5 heteroatoms. The highest BCUT2D eigenvalue weighted by atomic mass is 32.1. The Kier molecular flexibility index (Phi) is 3.56. The van der Waals surface area contributed by atoms with E-state index in [4.69, 9.17) is 17.0 Å². The predicted octanol–water partition coefficient (Wildman–Crippen LogP) is 2.63. The van der Waals surface area contributed by atoms with Gasteiger partial charge in [-0.1, -0.05) is 27.2 Å². The van der Waals surface area contributed by atoms with Gasteiger partial charge in [0.05, 0.1) is 18.1 Å². The first-order valence-electron chi connectivity index (χ1n) is 8.06. The van der Waals surface area contributed by atoms with Gasteiger partial charge in [0.1, 0.15) is 6.10 Å². The number of rotatable bonds is 4. The Morgan fingerprint density at radius 3 is 2.90 bits per heavy atom. The highest BCUT2D eigenvalue weighted by Gasteiger charge is 2.72. The van der Waals surface area contributed by atoms with Crippen molar-refractivity contribution >= 4 is 23.3 Å². The molecule has 2 aliphatic carbocycles. The summed E-state index contributed by atoms with van der Waals surface area (Å²) in [4.78, 5) is 14.5. The number of thiocarbonyl (C=S) groups is 1. The van der Waals surface area contributed by atoms with Crippen LogP contribution in [0.2, 0.25) is 0 Å². The van der Waals surface area contributed by atoms with Crippen molar-refractivity contribution < 1.29 is 14.6 Å². The molecule has 3 aliphatic rings. The Balaban J connectivity index is 1.87. The monoisotopic (exact) mass is 311 g/mol. The number of fused-ring (bicyclic) bond motifs is 1. The zero-order valence-corrected chi connectivity index (χ0v) is 13.9. The lowest BCUT2D eigenvalue weighted by atomic mass is 9.74. The van der Waals surface area contributed by atoms with Gasteiger partial charge < -0.3 is 9.84 Å². The topological polar surface area (TPSA) is 49.8 Å². The summed E-state index contributed by atoms with van der Waals surface area (Å²) in [5.41, 5.74) is -0.249. The number of hydrogen-bond donors (Lipinski definition) is 1. The van der Waals surface area contributed by atoms with E-state index in [-0.39, 0.29) is 29.4 Å². The zero-order valence-electron chi connectivity index (χ0n) is 13.1. The number of carbonyl (C=O) groups excluding carboxylic acids is 1. The normalized spacial score (nSPS) is 37.5. The second-order valence-electron chi connectivity index (χ2n) is 7.37. The quantitative estimate of drug-likeness (QED) is 0.811. The smallest absolute Gasteiger partial charge is 0.267 e. The fraction of sp³-hybridized carbons (Fsp3) is 0.875. The fourth-order valence-electron chi connectivity index (χ4n) is 4.95. The highest BCUT2D eigenvalue weighted by Crippen LogP contribution is 2.65. The molecular formula is C16H25NO3S. The lowest BCUT2D eigenvalue weighted by molar-refractivity contribution is -0.135. The molecule has 4 atom stereocenters. The van der Waals surface area contributed by atoms with Gasteiger partial charge in [0.25, 0.3) is 5.17 Å². The second-order valence-corrected chi connectivity index (χ2v) is 7.71. The van der Waals surface area contributed by atoms with Crippen molar-refractivity contribution in [3.05, 3.63) is 0 Å². The van der Waals surface area contributed by atoms with Gasteiger partial charge in [0, 0.05) is 0 Å². The molecule has 1 spiro atoms. The van der Waals surface area contributed by atoms with Crippen LogP contribution < -0.4 is 0 Å². The molecule has 118 valence electrons. The molecule has 2 bridgehead atoms. The molecule has 1 N–H and O–H groups in total. The van der Waals surface area contributed by atoms with E-state index in [0.29, 0.717) is 17.5 Å². The van der Waals surface area contributed by atoms with Gasteiger partial charge in [-0.15, -0.1) is 0 Å². The summed E-state index contributed by atoms with van der Waals surface area (Å²) < 4.78 is 5.88. The van der Waals surface area contributed by atoms with Crippen LogP contribution in [0.25, 0.3) is 0 Å². The van der Waals surface area contributed by atoms with Gasteiger partial charge in [-0.25, -0.2) is 0 Å². The Morgan fingerprint density at radius 1 is 1.57 bits per heavy atom. The van der Waals surface area contributed by atoms with Gasteiger partial charge in [0.15, 0.2) is 0 Å². The van der Waals surface area contributed by atoms with Crippen molar-refractivity contribution in [2.75, 3.05) is 0 Å². The lowest BCUT2D eigenvalue weighted by Crippen LogP contribution is -2.57. The van der Waals surface area contributed by atoms with Gasteiger partial charge in [0.2, 0.25) is 5.91 Å². The first-order chi connectivity index (χ1) is 9.84. The maximum Gasteiger partial charge on any atom is 0.267 e. The van der Waals surface area contributed by atoms with E-state index in [1.807, 2.05) is 6.92 Å². The van der Waals surface area contributed by atoms with Crippen LogP contribution in [0, 0.1) is 11.3 Å². The molecule has 21 heavy (non-hydrogen) atoms. The number of carbonyl (C=O) groups is 1. The van der Waals surface area contributed by atoms with Gasteiger partial charge in [-0.2, -0.15) is 0 Å². The van der Waals surface area contributed by atoms with E-state index in [1.165, 1.54) is 0 Å². The third-order valence-electron chi connectivity index (χ3n) is 6.15. The van der Waals surface area contributed by atoms with Gasteiger partial charge in [-0.05, 0) is 49.2 Å². The summed E-state index contributed by atoms with van der Waals surface area (Å²) in [6.07, 6.45) is 4.23. The average molecular weight is 311 g/mol. The summed E-state index contributed by atoms with van der Waals surface area (Å²) >= 11 is 5.35. The summed E-state index contributed by atoms with van der Waals surface area (Å²) in [7, 11) is 0. The van der Waals surface area contributed by atoms with Crippen LogP contribution in [-0.2, 0) is 9.53 Å². The fourth-order valence-corrected chi connectivity index (χ4v) is 5.33. The van der Waals surface area contributed by atoms with E-state index in [0.717, 1.165) is 25.7 Å². The Morgan fingerprint density at radius 2 is 2.29 bits per heavy atom. The molecule has 1 amide bonds. The van der Waals surface area contributed by atoms with Crippen LogP contribution in [0.1, 0.15) is 59.3 Å². The first kappa shape index (κ1) is 15.2. The van der Waals surface area contributed by atoms with Crippen LogP contribution in [0.3, 0.4) is 0 Å². The Hall–Kier alpha value is -0.680. The third-order valence-corrected chi connectivity index (χ3v) is 6.43. The zero-order chi connectivity index (χ0) is 15.4. The Labute approximate surface area is 131 Å². The summed E-state index contributed by atoms with van der Waals surface area (Å²) in [6.45, 7) is 6.49. The molecule has 3 rings (SSSR count). The lowest BCUT2D eigenvalue weighted by Gasteiger charge is -2.42. The van der Waals surface area contributed by atoms with E-state index < -0.39 is 6.10 Å². The molecule has 0 aromatic carbocycles. The Bertz CT molecular complexity index is 478. The molecule has 0 aromatic heterocycles. The highest BCUT2D eigenvalue weighted by molar-refractivity contribution is 7.80. The van der Waals surface area contributed by atoms with Crippen molar-refractivity contribution in [3.63, 3.8) is 0 Å². The average Bonchev–Trinajstić information content (AvgIpc) is 2.89. The van der Waals surface area contributed by atoms with Crippen molar-refractivity contribution in [3.8, 4) is 0 Å². The molecule has 2 saturated carbocycles. The SMILES string of the molecule is CCC[C@@H](O)CC(=O)N1C(=S)O[C@@H]2C[C@H]3CC[C@]21C3(C)C. The third kappa shape index (κ3) is 1.89. The largest absolute Gasteiger partial charge is 0.465 e. The minimum atomic E-state index is -0.581. The van der Waals surface area contributed by atoms with Crippen molar-refractivity contribution in [1.29, 1.82) is 0 Å². The minimum absolute atomic E-state index is 0.0313. The molecule has 0 aromatic rings. The van der Waals surface area contributed by atoms with Crippen LogP contribution in [0.4, 0.5) is 0 Å². The predicted molar refractivity (Wildman–Crippen MR) is 83.7 cm³/mol. The van der Waals surface area contributed by atoms with E-state index in [9.17, 15) is 9.90 Å². The molecule has 0 unspecified atom stereocenters. The molecule has 1 heterocycles. The molecule has 3 fully saturated rings. The number of amides is 1. The van der Waals surface area contributed by atoms with E-state index in [1.54, 1.807) is 4.90 Å². The summed E-state index contributed by atoms with van der Waals surface area (Å²) in [5, 5.41) is 10.3. The summed E-state index contributed by atoms with van der Waals surface area (Å²) in [6, 6.07) is 0. The number of aliphatic hydroxyl groups excluding tert-OH is 1. The van der Waals surface area contributed by atoms with Crippen LogP contribution in [0.5, 0.6) is 0 Å². The van der Waals surface area contributed by atoms with Crippen LogP contribution in [0.15, 0.2) is 0 Å². The number of aliphatic hydroxyl groups is 1. The van der Waals surface area contributed by atoms with Gasteiger partial charge in [-0.3, -0.25) is 9.69 Å². The van der Waals surface area contributed by atoms with Crippen LogP contribution >= 0.6 is 12.2 Å². The number of hydrogen-bond acceptors (Lipinski definition) is 4. The molecular weight excluding hydrogens is 286 g/mol. The molecule has 4 nitrogen and oxygen atoms in total. The molecule has 0 radical (unpaired) electrons.